The molecule has 1 aromatic rings. The molecule has 0 aromatic heterocycles. The molecule has 0 saturated carbocycles. The largest absolute Gasteiger partial charge is 0.379 e. The lowest BCUT2D eigenvalue weighted by atomic mass is 10.1. The normalized spacial score (nSPS) is 15.0. The Hall–Kier alpha value is -1.19. The molecule has 1 fully saturated rings. The predicted molar refractivity (Wildman–Crippen MR) is 125 cm³/mol. The highest BCUT2D eigenvalue weighted by atomic mass is 79.9. The molecule has 166 valence electrons. The van der Waals surface area contributed by atoms with Crippen molar-refractivity contribution >= 4 is 53.1 Å². The van der Waals surface area contributed by atoms with Gasteiger partial charge in [0.05, 0.1) is 40.0 Å². The second kappa shape index (κ2) is 12.0. The topological polar surface area (TPSA) is 93.0 Å². The lowest BCUT2D eigenvalue weighted by Crippen LogP contribution is -2.37. The van der Waals surface area contributed by atoms with Gasteiger partial charge in [-0.2, -0.15) is 0 Å². The van der Waals surface area contributed by atoms with Crippen LogP contribution in [0.4, 0.5) is 11.4 Å². The molecule has 1 heterocycles. The first-order valence-corrected chi connectivity index (χ1v) is 13.4. The first-order chi connectivity index (χ1) is 14.3. The van der Waals surface area contributed by atoms with Crippen molar-refractivity contribution in [3.63, 3.8) is 0 Å². The van der Waals surface area contributed by atoms with Gasteiger partial charge in [-0.05, 0) is 13.0 Å². The van der Waals surface area contributed by atoms with Crippen molar-refractivity contribution in [1.29, 1.82) is 0 Å². The number of hydrogen-bond donors (Lipinski definition) is 0. The monoisotopic (exact) mass is 565 g/mol. The van der Waals surface area contributed by atoms with E-state index >= 15 is 0 Å². The Balaban J connectivity index is 2.41. The van der Waals surface area contributed by atoms with E-state index in [1.165, 1.54) is 6.07 Å². The van der Waals surface area contributed by atoms with Gasteiger partial charge in [-0.25, -0.2) is 8.42 Å². The lowest BCUT2D eigenvalue weighted by molar-refractivity contribution is -0.385. The van der Waals surface area contributed by atoms with Crippen molar-refractivity contribution in [2.75, 3.05) is 67.3 Å². The fourth-order valence-electron chi connectivity index (χ4n) is 3.32. The van der Waals surface area contributed by atoms with Crippen LogP contribution in [0.1, 0.15) is 12.0 Å². The van der Waals surface area contributed by atoms with E-state index in [4.69, 9.17) is 11.2 Å². The molecule has 1 aliphatic heterocycles. The predicted octanol–water partition coefficient (Wildman–Crippen LogP) is 2.67. The van der Waals surface area contributed by atoms with Crippen molar-refractivity contribution in [3.05, 3.63) is 27.8 Å². The van der Waals surface area contributed by atoms with E-state index in [1.54, 1.807) is 0 Å². The summed E-state index contributed by atoms with van der Waals surface area (Å²) in [6.07, 6.45) is 6.05. The smallest absolute Gasteiger partial charge is 0.272 e. The molecule has 1 saturated heterocycles. The van der Waals surface area contributed by atoms with E-state index in [9.17, 15) is 18.5 Å². The molecule has 0 aliphatic carbocycles. The summed E-state index contributed by atoms with van der Waals surface area (Å²) in [6, 6.07) is 2.40. The van der Waals surface area contributed by atoms with Gasteiger partial charge in [0.1, 0.15) is 0 Å². The highest BCUT2D eigenvalue weighted by Crippen LogP contribution is 2.34. The molecule has 30 heavy (non-hydrogen) atoms. The number of halogens is 2. The van der Waals surface area contributed by atoms with Crippen LogP contribution in [0, 0.1) is 22.5 Å². The summed E-state index contributed by atoms with van der Waals surface area (Å²) < 4.78 is 31.8. The third kappa shape index (κ3) is 6.65. The average molecular weight is 567 g/mol. The van der Waals surface area contributed by atoms with E-state index in [-0.39, 0.29) is 21.9 Å². The number of anilines is 1. The molecule has 0 radical (unpaired) electrons. The number of benzene rings is 1. The second-order valence-corrected chi connectivity index (χ2v) is 10.4. The van der Waals surface area contributed by atoms with E-state index in [2.05, 4.69) is 42.7 Å². The summed E-state index contributed by atoms with van der Waals surface area (Å²) in [5, 5.41) is 12.6. The summed E-state index contributed by atoms with van der Waals surface area (Å²) in [6.45, 7) is 4.47. The standard InChI is InChI=1S/C19H25Br2N3O5S/c1-2-16-14-17(24(25)26)15-18(19(16)23(7-4-20)8-5-21)30(27,28)13-3-6-22-9-11-29-12-10-22/h1,14-15H,3-13H2. The van der Waals surface area contributed by atoms with Gasteiger partial charge in [0.15, 0.2) is 9.84 Å². The first-order valence-electron chi connectivity index (χ1n) is 9.52. The van der Waals surface area contributed by atoms with Crippen LogP contribution in [0.2, 0.25) is 0 Å². The van der Waals surface area contributed by atoms with Crippen molar-refractivity contribution < 1.29 is 18.1 Å². The first kappa shape index (κ1) is 25.1. The highest BCUT2D eigenvalue weighted by Gasteiger charge is 2.28. The lowest BCUT2D eigenvalue weighted by Gasteiger charge is -2.28. The van der Waals surface area contributed by atoms with Gasteiger partial charge in [-0.15, -0.1) is 6.42 Å². The minimum atomic E-state index is -3.79. The molecule has 11 heteroatoms. The van der Waals surface area contributed by atoms with E-state index in [0.29, 0.717) is 55.6 Å². The molecule has 0 amide bonds. The van der Waals surface area contributed by atoms with Gasteiger partial charge in [0, 0.05) is 49.0 Å². The summed E-state index contributed by atoms with van der Waals surface area (Å²) in [5.74, 6) is 2.33. The number of terminal acetylenes is 1. The minimum absolute atomic E-state index is 0.0754. The van der Waals surface area contributed by atoms with Crippen molar-refractivity contribution in [3.8, 4) is 12.3 Å². The van der Waals surface area contributed by atoms with E-state index in [0.717, 1.165) is 19.2 Å². The van der Waals surface area contributed by atoms with Crippen LogP contribution in [0.25, 0.3) is 0 Å². The van der Waals surface area contributed by atoms with Crippen LogP contribution in [0.3, 0.4) is 0 Å². The quantitative estimate of drug-likeness (QED) is 0.176. The molecular formula is C19H25Br2N3O5S. The highest BCUT2D eigenvalue weighted by molar-refractivity contribution is 9.09. The number of rotatable bonds is 11. The van der Waals surface area contributed by atoms with Gasteiger partial charge in [-0.3, -0.25) is 15.0 Å². The summed E-state index contributed by atoms with van der Waals surface area (Å²) >= 11 is 6.76. The Kier molecular flexibility index (Phi) is 10.0. The number of morpholine rings is 1. The van der Waals surface area contributed by atoms with Crippen molar-refractivity contribution in [2.24, 2.45) is 0 Å². The van der Waals surface area contributed by atoms with Gasteiger partial charge < -0.3 is 9.64 Å². The van der Waals surface area contributed by atoms with Gasteiger partial charge >= 0.3 is 0 Å². The number of nitro groups is 1. The van der Waals surface area contributed by atoms with Crippen LogP contribution in [-0.4, -0.2) is 80.6 Å². The molecule has 0 spiro atoms. The maximum Gasteiger partial charge on any atom is 0.272 e. The Bertz CT molecular complexity index is 877. The number of ether oxygens (including phenoxy) is 1. The maximum atomic E-state index is 13.3. The number of alkyl halides is 2. The Morgan fingerprint density at radius 1 is 1.23 bits per heavy atom. The molecular weight excluding hydrogens is 542 g/mol. The number of non-ortho nitro benzene ring substituents is 1. The molecule has 0 atom stereocenters. The van der Waals surface area contributed by atoms with Crippen molar-refractivity contribution in [1.82, 2.24) is 4.90 Å². The Labute approximate surface area is 194 Å². The van der Waals surface area contributed by atoms with E-state index < -0.39 is 14.8 Å². The van der Waals surface area contributed by atoms with Crippen LogP contribution in [0.15, 0.2) is 17.0 Å². The van der Waals surface area contributed by atoms with Gasteiger partial charge in [0.2, 0.25) is 0 Å². The van der Waals surface area contributed by atoms with Crippen LogP contribution in [0.5, 0.6) is 0 Å². The molecule has 8 nitrogen and oxygen atoms in total. The third-order valence-corrected chi connectivity index (χ3v) is 7.29. The van der Waals surface area contributed by atoms with Gasteiger partial charge in [0.25, 0.3) is 5.69 Å². The zero-order valence-electron chi connectivity index (χ0n) is 16.6. The Morgan fingerprint density at radius 3 is 2.40 bits per heavy atom. The van der Waals surface area contributed by atoms with Crippen LogP contribution in [-0.2, 0) is 14.6 Å². The molecule has 2 rings (SSSR count). The molecule has 1 aromatic carbocycles. The summed E-state index contributed by atoms with van der Waals surface area (Å²) in [7, 11) is -3.79. The van der Waals surface area contributed by atoms with Gasteiger partial charge in [-0.1, -0.05) is 37.8 Å². The zero-order valence-corrected chi connectivity index (χ0v) is 20.5. The minimum Gasteiger partial charge on any atom is -0.379 e. The van der Waals surface area contributed by atoms with Crippen LogP contribution < -0.4 is 4.90 Å². The zero-order chi connectivity index (χ0) is 22.1. The van der Waals surface area contributed by atoms with E-state index in [1.807, 2.05) is 4.90 Å². The fourth-order valence-corrected chi connectivity index (χ4v) is 5.74. The van der Waals surface area contributed by atoms with Crippen molar-refractivity contribution in [2.45, 2.75) is 11.3 Å². The third-order valence-electron chi connectivity index (χ3n) is 4.78. The summed E-state index contributed by atoms with van der Waals surface area (Å²) in [4.78, 5) is 14.7. The molecule has 0 unspecified atom stereocenters. The maximum absolute atomic E-state index is 13.3. The fraction of sp³-hybridized carbons (Fsp3) is 0.579. The number of nitro benzene ring substituents is 1. The Morgan fingerprint density at radius 2 is 1.87 bits per heavy atom. The number of nitrogens with zero attached hydrogens (tertiary/aromatic N) is 3. The number of sulfone groups is 1. The molecule has 1 aliphatic rings. The SMILES string of the molecule is C#Cc1cc([N+](=O)[O-])cc(S(=O)(=O)CCCN2CCOCC2)c1N(CCBr)CCBr. The average Bonchev–Trinajstić information content (AvgIpc) is 2.73. The van der Waals surface area contributed by atoms with Crippen LogP contribution >= 0.6 is 31.9 Å². The number of hydrogen-bond acceptors (Lipinski definition) is 7. The molecule has 0 N–H and O–H groups in total. The summed E-state index contributed by atoms with van der Waals surface area (Å²) in [5.41, 5.74) is 0.238. The second-order valence-electron chi connectivity index (χ2n) is 6.73. The molecule has 0 bridgehead atoms.